The third kappa shape index (κ3) is 4.19. The van der Waals surface area contributed by atoms with E-state index in [4.69, 9.17) is 9.47 Å². The van der Waals surface area contributed by atoms with Crippen molar-refractivity contribution in [2.45, 2.75) is 19.8 Å². The van der Waals surface area contributed by atoms with E-state index in [1.54, 1.807) is 6.20 Å². The van der Waals surface area contributed by atoms with Crippen LogP contribution in [0.1, 0.15) is 18.9 Å². The molecule has 0 aliphatic carbocycles. The first-order valence-electron chi connectivity index (χ1n) is 7.91. The van der Waals surface area contributed by atoms with Crippen LogP contribution in [-0.4, -0.2) is 23.2 Å². The van der Waals surface area contributed by atoms with Gasteiger partial charge in [0.05, 0.1) is 24.2 Å². The highest BCUT2D eigenvalue weighted by atomic mass is 16.5. The van der Waals surface area contributed by atoms with Crippen molar-refractivity contribution in [3.63, 3.8) is 0 Å². The lowest BCUT2D eigenvalue weighted by Crippen LogP contribution is -2.01. The summed E-state index contributed by atoms with van der Waals surface area (Å²) in [5.74, 6) is 1.57. The summed E-state index contributed by atoms with van der Waals surface area (Å²) in [4.78, 5) is 8.70. The highest BCUT2D eigenvalue weighted by Gasteiger charge is 2.00. The number of ether oxygens (including phenoxy) is 2. The van der Waals surface area contributed by atoms with Gasteiger partial charge >= 0.3 is 0 Å². The fourth-order valence-electron chi connectivity index (χ4n) is 2.39. The Morgan fingerprint density at radius 3 is 2.61 bits per heavy atom. The van der Waals surface area contributed by atoms with Crippen LogP contribution >= 0.6 is 0 Å². The van der Waals surface area contributed by atoms with Crippen molar-refractivity contribution in [1.82, 2.24) is 9.97 Å². The molecule has 0 aliphatic heterocycles. The van der Waals surface area contributed by atoms with Crippen molar-refractivity contribution >= 4 is 11.0 Å². The van der Waals surface area contributed by atoms with Gasteiger partial charge in [0.15, 0.2) is 0 Å². The third-order valence-corrected chi connectivity index (χ3v) is 3.52. The minimum Gasteiger partial charge on any atom is -0.494 e. The number of nitrogens with zero attached hydrogens (tertiary/aromatic N) is 2. The largest absolute Gasteiger partial charge is 0.494 e. The first-order chi connectivity index (χ1) is 11.3. The molecule has 118 valence electrons. The number of hydrogen-bond donors (Lipinski definition) is 0. The van der Waals surface area contributed by atoms with Crippen LogP contribution in [0.5, 0.6) is 11.6 Å². The zero-order chi connectivity index (χ0) is 15.9. The maximum absolute atomic E-state index is 5.73. The molecule has 2 heterocycles. The van der Waals surface area contributed by atoms with Crippen LogP contribution in [0.4, 0.5) is 0 Å². The molecule has 0 atom stereocenters. The van der Waals surface area contributed by atoms with Crippen molar-refractivity contribution in [3.05, 3.63) is 60.3 Å². The minimum absolute atomic E-state index is 0.645. The third-order valence-electron chi connectivity index (χ3n) is 3.52. The molecule has 1 aromatic carbocycles. The van der Waals surface area contributed by atoms with E-state index < -0.39 is 0 Å². The summed E-state index contributed by atoms with van der Waals surface area (Å²) in [5, 5.41) is 0. The molecular weight excluding hydrogens is 288 g/mol. The van der Waals surface area contributed by atoms with E-state index in [1.807, 2.05) is 43.3 Å². The monoisotopic (exact) mass is 308 g/mol. The highest BCUT2D eigenvalue weighted by molar-refractivity contribution is 5.74. The SMILES string of the molecule is CCOc1ccc(CCCOc2ccc3ncccc3n2)cc1. The summed E-state index contributed by atoms with van der Waals surface area (Å²) in [6.07, 6.45) is 3.68. The maximum atomic E-state index is 5.73. The van der Waals surface area contributed by atoms with Crippen LogP contribution < -0.4 is 9.47 Å². The Kier molecular flexibility index (Phi) is 5.04. The molecule has 23 heavy (non-hydrogen) atoms. The second-order valence-corrected chi connectivity index (χ2v) is 5.22. The average molecular weight is 308 g/mol. The zero-order valence-electron chi connectivity index (χ0n) is 13.2. The normalized spacial score (nSPS) is 10.7. The van der Waals surface area contributed by atoms with Crippen molar-refractivity contribution in [3.8, 4) is 11.6 Å². The van der Waals surface area contributed by atoms with Gasteiger partial charge in [-0.25, -0.2) is 4.98 Å². The van der Waals surface area contributed by atoms with Gasteiger partial charge in [0, 0.05) is 12.3 Å². The molecule has 0 bridgehead atoms. The predicted molar refractivity (Wildman–Crippen MR) is 91.0 cm³/mol. The number of aryl methyl sites for hydroxylation is 1. The highest BCUT2D eigenvalue weighted by Crippen LogP contribution is 2.15. The van der Waals surface area contributed by atoms with E-state index in [0.29, 0.717) is 19.1 Å². The molecular formula is C19H20N2O2. The molecule has 3 aromatic rings. The molecule has 3 rings (SSSR count). The van der Waals surface area contributed by atoms with E-state index >= 15 is 0 Å². The van der Waals surface area contributed by atoms with E-state index in [1.165, 1.54) is 5.56 Å². The Balaban J connectivity index is 1.48. The van der Waals surface area contributed by atoms with Crippen LogP contribution in [0, 0.1) is 0 Å². The van der Waals surface area contributed by atoms with E-state index in [2.05, 4.69) is 22.1 Å². The Labute approximate surface area is 136 Å². The van der Waals surface area contributed by atoms with Gasteiger partial charge in [-0.1, -0.05) is 12.1 Å². The summed E-state index contributed by atoms with van der Waals surface area (Å²) in [5.41, 5.74) is 3.03. The number of fused-ring (bicyclic) bond motifs is 1. The fourth-order valence-corrected chi connectivity index (χ4v) is 2.39. The lowest BCUT2D eigenvalue weighted by Gasteiger charge is -2.07. The fraction of sp³-hybridized carbons (Fsp3) is 0.263. The molecule has 0 radical (unpaired) electrons. The zero-order valence-corrected chi connectivity index (χ0v) is 13.2. The van der Waals surface area contributed by atoms with Gasteiger partial charge in [0.1, 0.15) is 5.75 Å². The standard InChI is InChI=1S/C19H20N2O2/c1-2-22-16-9-7-15(8-10-16)5-4-14-23-19-12-11-17-18(21-19)6-3-13-20-17/h3,6-13H,2,4-5,14H2,1H3. The Morgan fingerprint density at radius 1 is 0.913 bits per heavy atom. The molecule has 0 amide bonds. The van der Waals surface area contributed by atoms with Gasteiger partial charge in [-0.3, -0.25) is 4.98 Å². The molecule has 0 N–H and O–H groups in total. The average Bonchev–Trinajstić information content (AvgIpc) is 2.60. The van der Waals surface area contributed by atoms with E-state index in [0.717, 1.165) is 29.6 Å². The van der Waals surface area contributed by atoms with Crippen LogP contribution in [-0.2, 0) is 6.42 Å². The Hall–Kier alpha value is -2.62. The Bertz CT molecular complexity index is 757. The molecule has 0 unspecified atom stereocenters. The molecule has 0 aliphatic rings. The molecule has 2 aromatic heterocycles. The lowest BCUT2D eigenvalue weighted by molar-refractivity contribution is 0.300. The summed E-state index contributed by atoms with van der Waals surface area (Å²) in [7, 11) is 0. The number of pyridine rings is 2. The predicted octanol–water partition coefficient (Wildman–Crippen LogP) is 4.04. The molecule has 0 spiro atoms. The number of hydrogen-bond acceptors (Lipinski definition) is 4. The van der Waals surface area contributed by atoms with Gasteiger partial charge < -0.3 is 9.47 Å². The summed E-state index contributed by atoms with van der Waals surface area (Å²) in [6.45, 7) is 3.33. The lowest BCUT2D eigenvalue weighted by atomic mass is 10.1. The Morgan fingerprint density at radius 2 is 1.78 bits per heavy atom. The molecule has 0 fully saturated rings. The van der Waals surface area contributed by atoms with Crippen molar-refractivity contribution in [2.24, 2.45) is 0 Å². The topological polar surface area (TPSA) is 44.2 Å². The van der Waals surface area contributed by atoms with E-state index in [9.17, 15) is 0 Å². The van der Waals surface area contributed by atoms with Gasteiger partial charge in [-0.2, -0.15) is 0 Å². The number of rotatable bonds is 7. The van der Waals surface area contributed by atoms with Crippen molar-refractivity contribution in [1.29, 1.82) is 0 Å². The van der Waals surface area contributed by atoms with Gasteiger partial charge in [-0.05, 0) is 55.7 Å². The summed E-state index contributed by atoms with van der Waals surface area (Å²) < 4.78 is 11.2. The van der Waals surface area contributed by atoms with Crippen molar-refractivity contribution in [2.75, 3.05) is 13.2 Å². The van der Waals surface area contributed by atoms with Gasteiger partial charge in [0.2, 0.25) is 5.88 Å². The molecule has 4 nitrogen and oxygen atoms in total. The first kappa shape index (κ1) is 15.3. The van der Waals surface area contributed by atoms with Crippen LogP contribution in [0.3, 0.4) is 0 Å². The summed E-state index contributed by atoms with van der Waals surface area (Å²) >= 11 is 0. The summed E-state index contributed by atoms with van der Waals surface area (Å²) in [6, 6.07) is 15.8. The minimum atomic E-state index is 0.645. The van der Waals surface area contributed by atoms with Crippen molar-refractivity contribution < 1.29 is 9.47 Å². The van der Waals surface area contributed by atoms with E-state index in [-0.39, 0.29) is 0 Å². The quantitative estimate of drug-likeness (QED) is 0.618. The number of benzene rings is 1. The maximum Gasteiger partial charge on any atom is 0.213 e. The molecule has 4 heteroatoms. The van der Waals surface area contributed by atoms with Gasteiger partial charge in [-0.15, -0.1) is 0 Å². The van der Waals surface area contributed by atoms with Crippen LogP contribution in [0.2, 0.25) is 0 Å². The van der Waals surface area contributed by atoms with Gasteiger partial charge in [0.25, 0.3) is 0 Å². The second-order valence-electron chi connectivity index (χ2n) is 5.22. The smallest absolute Gasteiger partial charge is 0.213 e. The molecule has 0 saturated carbocycles. The first-order valence-corrected chi connectivity index (χ1v) is 7.91. The second kappa shape index (κ2) is 7.58. The van der Waals surface area contributed by atoms with Crippen LogP contribution in [0.15, 0.2) is 54.7 Å². The number of aromatic nitrogens is 2. The van der Waals surface area contributed by atoms with Crippen LogP contribution in [0.25, 0.3) is 11.0 Å². The molecule has 0 saturated heterocycles.